The van der Waals surface area contributed by atoms with Crippen molar-refractivity contribution < 1.29 is 5.21 Å². The van der Waals surface area contributed by atoms with Crippen LogP contribution in [0.1, 0.15) is 31.7 Å². The molecule has 1 aromatic carbocycles. The first kappa shape index (κ1) is 11.7. The highest BCUT2D eigenvalue weighted by Crippen LogP contribution is 2.14. The van der Waals surface area contributed by atoms with Crippen molar-refractivity contribution in [3.8, 4) is 0 Å². The van der Waals surface area contributed by atoms with Gasteiger partial charge in [0.2, 0.25) is 0 Å². The molecule has 2 N–H and O–H groups in total. The van der Waals surface area contributed by atoms with Gasteiger partial charge in [-0.05, 0) is 30.5 Å². The van der Waals surface area contributed by atoms with Gasteiger partial charge in [-0.2, -0.15) is 0 Å². The van der Waals surface area contributed by atoms with Crippen molar-refractivity contribution in [1.29, 1.82) is 0 Å². The van der Waals surface area contributed by atoms with Crippen molar-refractivity contribution in [2.24, 2.45) is 4.99 Å². The molecule has 0 amide bonds. The Labute approximate surface area is 90.8 Å². The van der Waals surface area contributed by atoms with Gasteiger partial charge in [0.05, 0.1) is 5.69 Å². The van der Waals surface area contributed by atoms with Gasteiger partial charge in [0, 0.05) is 0 Å². The number of nitrogens with one attached hydrogen (secondary N) is 1. The van der Waals surface area contributed by atoms with Gasteiger partial charge in [-0.25, -0.2) is 4.99 Å². The van der Waals surface area contributed by atoms with Gasteiger partial charge in [-0.15, -0.1) is 0 Å². The van der Waals surface area contributed by atoms with Gasteiger partial charge >= 0.3 is 0 Å². The van der Waals surface area contributed by atoms with Crippen LogP contribution in [0.5, 0.6) is 0 Å². The van der Waals surface area contributed by atoms with Gasteiger partial charge < -0.3 is 0 Å². The first-order chi connectivity index (χ1) is 7.36. The summed E-state index contributed by atoms with van der Waals surface area (Å²) in [4.78, 5) is 3.98. The molecule has 0 saturated heterocycles. The fraction of sp³-hybridized carbons (Fsp3) is 0.417. The topological polar surface area (TPSA) is 44.6 Å². The van der Waals surface area contributed by atoms with Crippen molar-refractivity contribution in [3.63, 3.8) is 0 Å². The Balaban J connectivity index is 2.45. The second-order valence-electron chi connectivity index (χ2n) is 3.51. The Morgan fingerprint density at radius 3 is 2.60 bits per heavy atom. The third-order valence-electron chi connectivity index (χ3n) is 2.28. The van der Waals surface area contributed by atoms with E-state index < -0.39 is 0 Å². The van der Waals surface area contributed by atoms with Crippen LogP contribution < -0.4 is 5.48 Å². The largest absolute Gasteiger partial charge is 0.290 e. The van der Waals surface area contributed by atoms with Crippen LogP contribution in [-0.2, 0) is 6.42 Å². The quantitative estimate of drug-likeness (QED) is 0.325. The van der Waals surface area contributed by atoms with Crippen LogP contribution in [0.25, 0.3) is 0 Å². The van der Waals surface area contributed by atoms with E-state index in [0.717, 1.165) is 12.1 Å². The van der Waals surface area contributed by atoms with Crippen LogP contribution in [0.3, 0.4) is 0 Å². The summed E-state index contributed by atoms with van der Waals surface area (Å²) >= 11 is 0. The van der Waals surface area contributed by atoms with Crippen LogP contribution in [-0.4, -0.2) is 11.5 Å². The molecule has 0 aliphatic carbocycles. The molecule has 1 rings (SSSR count). The molecule has 0 radical (unpaired) electrons. The molecule has 0 fully saturated rings. The normalized spacial score (nSPS) is 10.8. The summed E-state index contributed by atoms with van der Waals surface area (Å²) in [6.45, 7) is 2.21. The molecule has 82 valence electrons. The predicted molar refractivity (Wildman–Crippen MR) is 62.7 cm³/mol. The summed E-state index contributed by atoms with van der Waals surface area (Å²) < 4.78 is 0. The number of rotatable bonds is 6. The van der Waals surface area contributed by atoms with Crippen molar-refractivity contribution >= 4 is 12.0 Å². The summed E-state index contributed by atoms with van der Waals surface area (Å²) in [6.07, 6.45) is 6.18. The van der Waals surface area contributed by atoms with E-state index in [1.165, 1.54) is 31.2 Å². The Bertz CT molecular complexity index is 293. The minimum atomic E-state index is 0.843. The van der Waals surface area contributed by atoms with E-state index >= 15 is 0 Å². The highest BCUT2D eigenvalue weighted by molar-refractivity contribution is 5.59. The molecule has 0 bridgehead atoms. The average molecular weight is 206 g/mol. The Hall–Kier alpha value is -1.35. The zero-order valence-electron chi connectivity index (χ0n) is 9.11. The molecule has 0 aliphatic heterocycles. The first-order valence-electron chi connectivity index (χ1n) is 5.38. The molecule has 0 saturated carbocycles. The standard InChI is InChI=1S/C12H18N2O/c1-2-3-4-5-11-6-8-12(9-7-11)13-10-14-15/h6-10,15H,2-5H2,1H3,(H,13,14). The highest BCUT2D eigenvalue weighted by atomic mass is 16.5. The van der Waals surface area contributed by atoms with E-state index in [9.17, 15) is 0 Å². The fourth-order valence-corrected chi connectivity index (χ4v) is 1.43. The Morgan fingerprint density at radius 1 is 1.27 bits per heavy atom. The van der Waals surface area contributed by atoms with Crippen LogP contribution in [0, 0.1) is 0 Å². The smallest absolute Gasteiger partial charge is 0.113 e. The molecule has 0 aliphatic rings. The average Bonchev–Trinajstić information content (AvgIpc) is 2.28. The molecule has 0 heterocycles. The minimum Gasteiger partial charge on any atom is -0.290 e. The number of hydrogen-bond donors (Lipinski definition) is 2. The minimum absolute atomic E-state index is 0.843. The summed E-state index contributed by atoms with van der Waals surface area (Å²) in [7, 11) is 0. The summed E-state index contributed by atoms with van der Waals surface area (Å²) in [5.74, 6) is 0. The molecule has 0 aromatic heterocycles. The van der Waals surface area contributed by atoms with E-state index in [4.69, 9.17) is 5.21 Å². The zero-order chi connectivity index (χ0) is 10.9. The van der Waals surface area contributed by atoms with Gasteiger partial charge in [0.1, 0.15) is 6.34 Å². The van der Waals surface area contributed by atoms with Crippen LogP contribution in [0.4, 0.5) is 5.69 Å². The number of aryl methyl sites for hydroxylation is 1. The third kappa shape index (κ3) is 4.61. The lowest BCUT2D eigenvalue weighted by Crippen LogP contribution is -2.00. The fourth-order valence-electron chi connectivity index (χ4n) is 1.43. The van der Waals surface area contributed by atoms with Gasteiger partial charge in [0.15, 0.2) is 0 Å². The molecule has 3 nitrogen and oxygen atoms in total. The van der Waals surface area contributed by atoms with E-state index in [1.807, 2.05) is 17.6 Å². The summed E-state index contributed by atoms with van der Waals surface area (Å²) in [5.41, 5.74) is 4.07. The predicted octanol–water partition coefficient (Wildman–Crippen LogP) is 3.06. The number of unbranched alkanes of at least 4 members (excludes halogenated alkanes) is 2. The number of aliphatic imine (C=N–C) groups is 1. The Kier molecular flexibility index (Phi) is 5.48. The molecule has 3 heteroatoms. The monoisotopic (exact) mass is 206 g/mol. The van der Waals surface area contributed by atoms with Crippen molar-refractivity contribution in [1.82, 2.24) is 5.48 Å². The van der Waals surface area contributed by atoms with Crippen LogP contribution >= 0.6 is 0 Å². The van der Waals surface area contributed by atoms with E-state index in [0.29, 0.717) is 0 Å². The highest BCUT2D eigenvalue weighted by Gasteiger charge is 1.93. The van der Waals surface area contributed by atoms with Crippen molar-refractivity contribution in [3.05, 3.63) is 29.8 Å². The van der Waals surface area contributed by atoms with E-state index in [-0.39, 0.29) is 0 Å². The van der Waals surface area contributed by atoms with E-state index in [2.05, 4.69) is 24.0 Å². The lowest BCUT2D eigenvalue weighted by molar-refractivity contribution is 0.240. The molecule has 15 heavy (non-hydrogen) atoms. The van der Waals surface area contributed by atoms with Crippen molar-refractivity contribution in [2.45, 2.75) is 32.6 Å². The van der Waals surface area contributed by atoms with Crippen LogP contribution in [0.15, 0.2) is 29.3 Å². The lowest BCUT2D eigenvalue weighted by atomic mass is 10.1. The summed E-state index contributed by atoms with van der Waals surface area (Å²) in [6, 6.07) is 8.07. The lowest BCUT2D eigenvalue weighted by Gasteiger charge is -2.00. The Morgan fingerprint density at radius 2 is 2.00 bits per heavy atom. The number of benzene rings is 1. The van der Waals surface area contributed by atoms with Gasteiger partial charge in [0.25, 0.3) is 0 Å². The maximum atomic E-state index is 8.33. The molecule has 0 spiro atoms. The van der Waals surface area contributed by atoms with Crippen LogP contribution in [0.2, 0.25) is 0 Å². The second-order valence-corrected chi connectivity index (χ2v) is 3.51. The molecule has 1 aromatic rings. The number of hydrogen-bond acceptors (Lipinski definition) is 2. The SMILES string of the molecule is CCCCCc1ccc(N=CNO)cc1. The maximum Gasteiger partial charge on any atom is 0.113 e. The summed E-state index contributed by atoms with van der Waals surface area (Å²) in [5, 5.41) is 8.33. The first-order valence-corrected chi connectivity index (χ1v) is 5.38. The number of nitrogens with zero attached hydrogens (tertiary/aromatic N) is 1. The number of hydroxylamine groups is 1. The van der Waals surface area contributed by atoms with E-state index in [1.54, 1.807) is 0 Å². The third-order valence-corrected chi connectivity index (χ3v) is 2.28. The molecule has 0 unspecified atom stereocenters. The van der Waals surface area contributed by atoms with Gasteiger partial charge in [-0.3, -0.25) is 10.7 Å². The van der Waals surface area contributed by atoms with Gasteiger partial charge in [-0.1, -0.05) is 31.9 Å². The molecular formula is C12H18N2O. The van der Waals surface area contributed by atoms with Crippen molar-refractivity contribution in [2.75, 3.05) is 0 Å². The molecule has 0 atom stereocenters. The second kappa shape index (κ2) is 7.01. The zero-order valence-corrected chi connectivity index (χ0v) is 9.11. The maximum absolute atomic E-state index is 8.33. The molecular weight excluding hydrogens is 188 g/mol.